The Morgan fingerprint density at radius 1 is 1.09 bits per heavy atom. The number of hydrogen-bond donors (Lipinski definition) is 0. The summed E-state index contributed by atoms with van der Waals surface area (Å²) in [7, 11) is 1.55. The molecule has 3 rings (SSSR count). The molecular formula is C17H11BrO4. The van der Waals surface area contributed by atoms with Gasteiger partial charge < -0.3 is 9.15 Å². The predicted molar refractivity (Wildman–Crippen MR) is 86.6 cm³/mol. The molecule has 2 aromatic carbocycles. The summed E-state index contributed by atoms with van der Waals surface area (Å²) in [4.78, 5) is 24.5. The smallest absolute Gasteiger partial charge is 0.347 e. The second-order valence-electron chi connectivity index (χ2n) is 4.69. The lowest BCUT2D eigenvalue weighted by molar-refractivity contribution is 0.103. The number of ether oxygens (including phenoxy) is 1. The van der Waals surface area contributed by atoms with Crippen molar-refractivity contribution in [1.29, 1.82) is 0 Å². The number of methoxy groups -OCH3 is 1. The summed E-state index contributed by atoms with van der Waals surface area (Å²) in [6.07, 6.45) is 0. The Labute approximate surface area is 134 Å². The number of fused-ring (bicyclic) bond motifs is 1. The Balaban J connectivity index is 2.09. The molecule has 0 amide bonds. The average Bonchev–Trinajstić information content (AvgIpc) is 2.54. The molecule has 5 heteroatoms. The number of carbonyl (C=O) groups excluding carboxylic acids is 1. The molecule has 0 spiro atoms. The third-order valence-electron chi connectivity index (χ3n) is 3.29. The van der Waals surface area contributed by atoms with Crippen LogP contribution in [0.15, 0.2) is 62.2 Å². The Kier molecular flexibility index (Phi) is 3.81. The molecule has 1 heterocycles. The standard InChI is InChI=1S/C17H11BrO4/c1-21-13-5-2-10(3-6-13)16(19)14-9-11-8-12(18)4-7-15(11)22-17(14)20/h2-9H,1H3. The monoisotopic (exact) mass is 358 g/mol. The summed E-state index contributed by atoms with van der Waals surface area (Å²) in [5.41, 5.74) is 0.216. The van der Waals surface area contributed by atoms with Gasteiger partial charge in [-0.15, -0.1) is 0 Å². The fourth-order valence-electron chi connectivity index (χ4n) is 2.15. The van der Waals surface area contributed by atoms with Gasteiger partial charge in [-0.25, -0.2) is 4.79 Å². The zero-order valence-electron chi connectivity index (χ0n) is 11.6. The van der Waals surface area contributed by atoms with E-state index in [2.05, 4.69) is 15.9 Å². The molecule has 1 aromatic heterocycles. The van der Waals surface area contributed by atoms with E-state index in [1.165, 1.54) is 0 Å². The van der Waals surface area contributed by atoms with Crippen molar-refractivity contribution in [2.75, 3.05) is 7.11 Å². The van der Waals surface area contributed by atoms with Crippen molar-refractivity contribution in [2.45, 2.75) is 0 Å². The van der Waals surface area contributed by atoms with Crippen molar-refractivity contribution in [3.8, 4) is 5.75 Å². The maximum atomic E-state index is 12.5. The molecule has 0 N–H and O–H groups in total. The van der Waals surface area contributed by atoms with E-state index in [1.807, 2.05) is 0 Å². The molecule has 0 bridgehead atoms. The van der Waals surface area contributed by atoms with Gasteiger partial charge in [0.25, 0.3) is 0 Å². The lowest BCUT2D eigenvalue weighted by atomic mass is 10.0. The minimum Gasteiger partial charge on any atom is -0.497 e. The zero-order chi connectivity index (χ0) is 15.7. The van der Waals surface area contributed by atoms with Crippen LogP contribution in [-0.4, -0.2) is 12.9 Å². The van der Waals surface area contributed by atoms with Crippen molar-refractivity contribution in [3.63, 3.8) is 0 Å². The lowest BCUT2D eigenvalue weighted by Crippen LogP contribution is -2.14. The summed E-state index contributed by atoms with van der Waals surface area (Å²) in [6, 6.07) is 13.4. The maximum Gasteiger partial charge on any atom is 0.347 e. The van der Waals surface area contributed by atoms with Gasteiger partial charge in [-0.2, -0.15) is 0 Å². The van der Waals surface area contributed by atoms with Gasteiger partial charge in [0.05, 0.1) is 7.11 Å². The molecule has 0 saturated carbocycles. The van der Waals surface area contributed by atoms with Crippen LogP contribution in [0.25, 0.3) is 11.0 Å². The minimum atomic E-state index is -0.643. The molecule has 0 radical (unpaired) electrons. The second-order valence-corrected chi connectivity index (χ2v) is 5.60. The van der Waals surface area contributed by atoms with Crippen molar-refractivity contribution in [2.24, 2.45) is 0 Å². The molecule has 0 saturated heterocycles. The van der Waals surface area contributed by atoms with Crippen LogP contribution in [0.1, 0.15) is 15.9 Å². The largest absolute Gasteiger partial charge is 0.497 e. The van der Waals surface area contributed by atoms with Gasteiger partial charge >= 0.3 is 5.63 Å². The van der Waals surface area contributed by atoms with E-state index < -0.39 is 5.63 Å². The Bertz CT molecular complexity index is 910. The van der Waals surface area contributed by atoms with Gasteiger partial charge in [-0.1, -0.05) is 15.9 Å². The topological polar surface area (TPSA) is 56.5 Å². The zero-order valence-corrected chi connectivity index (χ0v) is 13.2. The minimum absolute atomic E-state index is 0.00997. The van der Waals surface area contributed by atoms with Gasteiger partial charge in [0.1, 0.15) is 16.9 Å². The van der Waals surface area contributed by atoms with E-state index in [9.17, 15) is 9.59 Å². The first-order valence-electron chi connectivity index (χ1n) is 6.50. The number of halogens is 1. The summed E-state index contributed by atoms with van der Waals surface area (Å²) in [5.74, 6) is 0.268. The molecule has 0 fully saturated rings. The number of benzene rings is 2. The van der Waals surface area contributed by atoms with Crippen LogP contribution in [0.3, 0.4) is 0 Å². The maximum absolute atomic E-state index is 12.5. The van der Waals surface area contributed by atoms with Crippen LogP contribution in [0.2, 0.25) is 0 Å². The molecular weight excluding hydrogens is 348 g/mol. The van der Waals surface area contributed by atoms with Crippen molar-refractivity contribution >= 4 is 32.7 Å². The molecule has 0 aliphatic carbocycles. The van der Waals surface area contributed by atoms with Crippen LogP contribution in [0, 0.1) is 0 Å². The van der Waals surface area contributed by atoms with E-state index in [1.54, 1.807) is 55.6 Å². The quantitative estimate of drug-likeness (QED) is 0.527. The fourth-order valence-corrected chi connectivity index (χ4v) is 2.53. The van der Waals surface area contributed by atoms with Crippen LogP contribution in [-0.2, 0) is 0 Å². The summed E-state index contributed by atoms with van der Waals surface area (Å²) >= 11 is 3.35. The third kappa shape index (κ3) is 2.67. The number of rotatable bonds is 3. The van der Waals surface area contributed by atoms with E-state index in [4.69, 9.17) is 9.15 Å². The van der Waals surface area contributed by atoms with Crippen LogP contribution in [0.4, 0.5) is 0 Å². The molecule has 0 aliphatic heterocycles. The van der Waals surface area contributed by atoms with Crippen LogP contribution < -0.4 is 10.4 Å². The lowest BCUT2D eigenvalue weighted by Gasteiger charge is -2.04. The molecule has 110 valence electrons. The number of hydrogen-bond acceptors (Lipinski definition) is 4. The highest BCUT2D eigenvalue weighted by atomic mass is 79.9. The highest BCUT2D eigenvalue weighted by Gasteiger charge is 2.16. The van der Waals surface area contributed by atoms with E-state index >= 15 is 0 Å². The highest BCUT2D eigenvalue weighted by molar-refractivity contribution is 9.10. The predicted octanol–water partition coefficient (Wildman–Crippen LogP) is 3.80. The van der Waals surface area contributed by atoms with Crippen molar-refractivity contribution in [3.05, 3.63) is 74.6 Å². The summed E-state index contributed by atoms with van der Waals surface area (Å²) in [5, 5.41) is 0.686. The number of ketones is 1. The van der Waals surface area contributed by atoms with Gasteiger partial charge in [0.2, 0.25) is 0 Å². The van der Waals surface area contributed by atoms with Crippen LogP contribution >= 0.6 is 15.9 Å². The summed E-state index contributed by atoms with van der Waals surface area (Å²) in [6.45, 7) is 0. The molecule has 0 aliphatic rings. The van der Waals surface area contributed by atoms with Gasteiger partial charge in [0.15, 0.2) is 5.78 Å². The first kappa shape index (κ1) is 14.5. The Morgan fingerprint density at radius 2 is 1.82 bits per heavy atom. The van der Waals surface area contributed by atoms with Gasteiger partial charge in [-0.3, -0.25) is 4.79 Å². The highest BCUT2D eigenvalue weighted by Crippen LogP contribution is 2.21. The van der Waals surface area contributed by atoms with Gasteiger partial charge in [-0.05, 0) is 48.5 Å². The molecule has 4 nitrogen and oxygen atoms in total. The van der Waals surface area contributed by atoms with Gasteiger partial charge in [0, 0.05) is 15.4 Å². The molecule has 3 aromatic rings. The van der Waals surface area contributed by atoms with E-state index in [0.29, 0.717) is 22.3 Å². The van der Waals surface area contributed by atoms with Crippen molar-refractivity contribution in [1.82, 2.24) is 0 Å². The van der Waals surface area contributed by atoms with Crippen LogP contribution in [0.5, 0.6) is 5.75 Å². The molecule has 22 heavy (non-hydrogen) atoms. The average molecular weight is 359 g/mol. The Hall–Kier alpha value is -2.40. The second kappa shape index (κ2) is 5.77. The Morgan fingerprint density at radius 3 is 2.50 bits per heavy atom. The SMILES string of the molecule is COc1ccc(C(=O)c2cc3cc(Br)ccc3oc2=O)cc1. The van der Waals surface area contributed by atoms with E-state index in [-0.39, 0.29) is 11.3 Å². The molecule has 0 unspecified atom stereocenters. The normalized spacial score (nSPS) is 10.6. The molecule has 0 atom stereocenters. The first-order chi connectivity index (χ1) is 10.6. The summed E-state index contributed by atoms with van der Waals surface area (Å²) < 4.78 is 11.1. The van der Waals surface area contributed by atoms with Crippen molar-refractivity contribution < 1.29 is 13.9 Å². The fraction of sp³-hybridized carbons (Fsp3) is 0.0588. The third-order valence-corrected chi connectivity index (χ3v) is 3.78. The van der Waals surface area contributed by atoms with E-state index in [0.717, 1.165) is 4.47 Å². The number of carbonyl (C=O) groups is 1. The first-order valence-corrected chi connectivity index (χ1v) is 7.30.